The molecule has 27 heavy (non-hydrogen) atoms. The normalized spacial score (nSPS) is 13.4. The molecule has 0 spiro atoms. The number of aliphatic carboxylic acids is 2. The predicted molar refractivity (Wildman–Crippen MR) is 85.8 cm³/mol. The molecule has 0 aromatic rings. The number of rotatable bonds is 7. The number of nitrogens with two attached hydrogens (primary N) is 1. The number of hydrogen-bond acceptors (Lipinski definition) is 7. The van der Waals surface area contributed by atoms with Crippen LogP contribution in [0.3, 0.4) is 0 Å². The summed E-state index contributed by atoms with van der Waals surface area (Å²) in [5.41, 5.74) is 4.84. The van der Waals surface area contributed by atoms with Gasteiger partial charge in [0.15, 0.2) is 11.8 Å². The van der Waals surface area contributed by atoms with E-state index < -0.39 is 66.6 Å². The van der Waals surface area contributed by atoms with E-state index in [1.165, 1.54) is 0 Å². The van der Waals surface area contributed by atoms with E-state index in [1.54, 1.807) is 0 Å². The van der Waals surface area contributed by atoms with Crippen molar-refractivity contribution in [1.82, 2.24) is 0 Å². The summed E-state index contributed by atoms with van der Waals surface area (Å²) in [6, 6.07) is -1.29. The van der Waals surface area contributed by atoms with E-state index in [-0.39, 0.29) is 0 Å². The third-order valence-electron chi connectivity index (χ3n) is 1.45. The summed E-state index contributed by atoms with van der Waals surface area (Å²) in [7, 11) is -18.2. The second-order valence-electron chi connectivity index (χ2n) is 4.48. The summed E-state index contributed by atoms with van der Waals surface area (Å²) in [5, 5.41) is 16.0. The topological polar surface area (TPSA) is 331 Å². The van der Waals surface area contributed by atoms with Crippen molar-refractivity contribution < 1.29 is 77.2 Å². The molecule has 164 valence electrons. The monoisotopic (exact) mass is 485 g/mol. The van der Waals surface area contributed by atoms with Gasteiger partial charge in [-0.1, -0.05) is 0 Å². The Bertz CT molecular complexity index is 582. The Hall–Kier alpha value is -0.500. The number of carbonyl (C=O) groups is 2. The molecule has 0 aromatic carbocycles. The molecule has 0 aliphatic heterocycles. The van der Waals surface area contributed by atoms with Crippen LogP contribution in [0.15, 0.2) is 0 Å². The summed E-state index contributed by atoms with van der Waals surface area (Å²) in [6.07, 6.45) is -0.532. The summed E-state index contributed by atoms with van der Waals surface area (Å²) in [6.45, 7) is 0. The van der Waals surface area contributed by atoms with Gasteiger partial charge in [0.1, 0.15) is 6.04 Å². The Morgan fingerprint density at radius 1 is 0.667 bits per heavy atom. The van der Waals surface area contributed by atoms with Crippen molar-refractivity contribution in [3.63, 3.8) is 0 Å². The van der Waals surface area contributed by atoms with Gasteiger partial charge in [-0.15, -0.1) is 0 Å². The van der Waals surface area contributed by atoms with Gasteiger partial charge < -0.3 is 55.1 Å². The predicted octanol–water partition coefficient (Wildman–Crippen LogP) is -2.53. The standard InChI is InChI=1S/C4H7NO4.2CH6O6P2/c5-2(4(8)9)1-3(6)7;2*2-8(3,4)1-9(5,6)7/h2H,1,5H2,(H,6,7)(H,8,9);2*1H2,(H2,2,3,4)(H2,5,6,7)/t2-;;/m0../s1. The molecule has 0 radical (unpaired) electrons. The van der Waals surface area contributed by atoms with Crippen LogP contribution in [0.1, 0.15) is 6.42 Å². The molecule has 0 rings (SSSR count). The fourth-order valence-corrected chi connectivity index (χ4v) is 4.60. The van der Waals surface area contributed by atoms with E-state index in [0.717, 1.165) is 0 Å². The van der Waals surface area contributed by atoms with E-state index in [4.69, 9.17) is 55.1 Å². The third kappa shape index (κ3) is 37.0. The molecular weight excluding hydrogens is 466 g/mol. The first-order valence-corrected chi connectivity index (χ1v) is 13.0. The third-order valence-corrected chi connectivity index (χ3v) is 7.34. The van der Waals surface area contributed by atoms with Crippen molar-refractivity contribution >= 4 is 42.3 Å². The van der Waals surface area contributed by atoms with E-state index in [2.05, 4.69) is 0 Å². The first-order valence-electron chi connectivity index (χ1n) is 5.83. The van der Waals surface area contributed by atoms with E-state index in [0.29, 0.717) is 0 Å². The molecule has 0 amide bonds. The van der Waals surface area contributed by atoms with Gasteiger partial charge in [0.2, 0.25) is 0 Å². The molecule has 12 N–H and O–H groups in total. The zero-order valence-electron chi connectivity index (χ0n) is 13.0. The molecule has 0 saturated heterocycles. The smallest absolute Gasteiger partial charge is 0.337 e. The number of carboxylic acids is 2. The van der Waals surface area contributed by atoms with Gasteiger partial charge in [-0.2, -0.15) is 0 Å². The Balaban J connectivity index is -0.000000320. The second-order valence-corrected chi connectivity index (χ2v) is 12.1. The second kappa shape index (κ2) is 12.1. The zero-order valence-corrected chi connectivity index (χ0v) is 16.6. The van der Waals surface area contributed by atoms with Crippen molar-refractivity contribution in [2.75, 3.05) is 11.8 Å². The van der Waals surface area contributed by atoms with Crippen molar-refractivity contribution in [2.45, 2.75) is 12.5 Å². The largest absolute Gasteiger partial charge is 0.481 e. The van der Waals surface area contributed by atoms with Crippen LogP contribution in [0.2, 0.25) is 0 Å². The highest BCUT2D eigenvalue weighted by atomic mass is 31.2. The highest BCUT2D eigenvalue weighted by molar-refractivity contribution is 7.69. The average Bonchev–Trinajstić information content (AvgIpc) is 2.17. The molecule has 17 nitrogen and oxygen atoms in total. The lowest BCUT2D eigenvalue weighted by Crippen LogP contribution is -2.32. The Kier molecular flexibility index (Phi) is 14.0. The fourth-order valence-electron chi connectivity index (χ4n) is 0.755. The van der Waals surface area contributed by atoms with E-state index >= 15 is 0 Å². The maximum atomic E-state index is 9.85. The Morgan fingerprint density at radius 3 is 0.926 bits per heavy atom. The van der Waals surface area contributed by atoms with Crippen LogP contribution in [-0.4, -0.2) is 79.1 Å². The highest BCUT2D eigenvalue weighted by Gasteiger charge is 2.27. The van der Waals surface area contributed by atoms with Crippen LogP contribution < -0.4 is 5.73 Å². The van der Waals surface area contributed by atoms with Gasteiger partial charge in [0.05, 0.1) is 6.42 Å². The fraction of sp³-hybridized carbons (Fsp3) is 0.667. The van der Waals surface area contributed by atoms with Gasteiger partial charge >= 0.3 is 42.3 Å². The lowest BCUT2D eigenvalue weighted by atomic mass is 10.2. The first kappa shape index (κ1) is 31.2. The summed E-state index contributed by atoms with van der Waals surface area (Å²) in [5.74, 6) is -5.25. The van der Waals surface area contributed by atoms with Crippen LogP contribution in [0.5, 0.6) is 0 Å². The molecular formula is C6H19NO16P4. The van der Waals surface area contributed by atoms with Gasteiger partial charge in [-0.05, 0) is 0 Å². The molecule has 0 aliphatic carbocycles. The molecule has 0 saturated carbocycles. The van der Waals surface area contributed by atoms with Crippen molar-refractivity contribution in [3.8, 4) is 0 Å². The van der Waals surface area contributed by atoms with Gasteiger partial charge in [0, 0.05) is 0 Å². The van der Waals surface area contributed by atoms with Crippen LogP contribution in [0.4, 0.5) is 0 Å². The number of carboxylic acid groups (broad SMARTS) is 2. The number of hydrogen-bond donors (Lipinski definition) is 11. The van der Waals surface area contributed by atoms with Crippen LogP contribution in [0.25, 0.3) is 0 Å². The van der Waals surface area contributed by atoms with Crippen molar-refractivity contribution in [3.05, 3.63) is 0 Å². The summed E-state index contributed by atoms with van der Waals surface area (Å²) >= 11 is 0. The highest BCUT2D eigenvalue weighted by Crippen LogP contribution is 2.52. The lowest BCUT2D eigenvalue weighted by Gasteiger charge is -2.03. The van der Waals surface area contributed by atoms with Crippen LogP contribution in [-0.2, 0) is 27.8 Å². The maximum Gasteiger partial charge on any atom is 0.337 e. The Morgan fingerprint density at radius 2 is 0.889 bits per heavy atom. The van der Waals surface area contributed by atoms with E-state index in [1.807, 2.05) is 0 Å². The quantitative estimate of drug-likeness (QED) is 0.166. The maximum absolute atomic E-state index is 9.85. The lowest BCUT2D eigenvalue weighted by molar-refractivity contribution is -0.144. The van der Waals surface area contributed by atoms with Gasteiger partial charge in [-0.3, -0.25) is 27.8 Å². The molecule has 0 aliphatic rings. The van der Waals surface area contributed by atoms with Gasteiger partial charge in [0.25, 0.3) is 0 Å². The molecule has 1 atom stereocenters. The minimum absolute atomic E-state index is 0.532. The van der Waals surface area contributed by atoms with E-state index in [9.17, 15) is 27.8 Å². The van der Waals surface area contributed by atoms with Crippen LogP contribution in [0, 0.1) is 0 Å². The first-order chi connectivity index (χ1) is 11.5. The molecule has 0 aromatic heterocycles. The van der Waals surface area contributed by atoms with Gasteiger partial charge in [-0.25, -0.2) is 0 Å². The molecule has 0 bridgehead atoms. The minimum atomic E-state index is -4.55. The Labute approximate surface area is 150 Å². The molecule has 0 fully saturated rings. The molecule has 0 heterocycles. The average molecular weight is 485 g/mol. The summed E-state index contributed by atoms with van der Waals surface area (Å²) < 4.78 is 39.4. The zero-order chi connectivity index (χ0) is 22.9. The molecule has 21 heteroatoms. The summed E-state index contributed by atoms with van der Waals surface area (Å²) in [4.78, 5) is 83.4. The van der Waals surface area contributed by atoms with Crippen LogP contribution >= 0.6 is 30.4 Å². The SMILES string of the molecule is N[C@@H](CC(=O)O)C(=O)O.O=P(O)(O)CP(=O)(O)O.O=P(O)(O)CP(=O)(O)O. The minimum Gasteiger partial charge on any atom is -0.481 e. The van der Waals surface area contributed by atoms with Crippen molar-refractivity contribution in [2.24, 2.45) is 5.73 Å². The molecule has 0 unspecified atom stereocenters. The van der Waals surface area contributed by atoms with Crippen molar-refractivity contribution in [1.29, 1.82) is 0 Å².